The average molecular weight is 351 g/mol. The molecule has 1 aliphatic heterocycles. The van der Waals surface area contributed by atoms with Crippen LogP contribution in [0.2, 0.25) is 0 Å². The minimum atomic E-state index is -0.366. The number of fused-ring (bicyclic) bond motifs is 1. The lowest BCUT2D eigenvalue weighted by Crippen LogP contribution is -2.24. The van der Waals surface area contributed by atoms with E-state index in [9.17, 15) is 13.6 Å². The summed E-state index contributed by atoms with van der Waals surface area (Å²) in [5.74, 6) is -0.936. The second kappa shape index (κ2) is 6.69. The Hall–Kier alpha value is -3.05. The van der Waals surface area contributed by atoms with Crippen molar-refractivity contribution in [3.05, 3.63) is 95.1 Å². The van der Waals surface area contributed by atoms with Crippen LogP contribution in [-0.2, 0) is 18.0 Å². The molecular formula is C21H15F2NO2. The van der Waals surface area contributed by atoms with E-state index in [2.05, 4.69) is 0 Å². The van der Waals surface area contributed by atoms with Crippen LogP contribution in [0.3, 0.4) is 0 Å². The van der Waals surface area contributed by atoms with Crippen LogP contribution in [0.15, 0.2) is 66.7 Å². The van der Waals surface area contributed by atoms with Gasteiger partial charge in [-0.1, -0.05) is 42.5 Å². The summed E-state index contributed by atoms with van der Waals surface area (Å²) in [6, 6.07) is 17.9. The molecule has 3 nitrogen and oxygen atoms in total. The molecule has 0 spiro atoms. The van der Waals surface area contributed by atoms with Crippen molar-refractivity contribution in [3.8, 4) is 11.1 Å². The van der Waals surface area contributed by atoms with E-state index < -0.39 is 0 Å². The molecule has 0 fully saturated rings. The zero-order chi connectivity index (χ0) is 18.1. The number of benzene rings is 3. The number of nitrogens with zero attached hydrogens (tertiary/aromatic N) is 1. The summed E-state index contributed by atoms with van der Waals surface area (Å²) in [5, 5.41) is 1.24. The molecular weight excluding hydrogens is 336 g/mol. The molecule has 1 amide bonds. The van der Waals surface area contributed by atoms with Gasteiger partial charge in [-0.05, 0) is 41.0 Å². The van der Waals surface area contributed by atoms with Gasteiger partial charge in [-0.15, -0.1) is 0 Å². The average Bonchev–Trinajstić information content (AvgIpc) is 2.97. The summed E-state index contributed by atoms with van der Waals surface area (Å²) in [7, 11) is 0. The highest BCUT2D eigenvalue weighted by Crippen LogP contribution is 2.29. The largest absolute Gasteiger partial charge is 0.278 e. The third-order valence-electron chi connectivity index (χ3n) is 4.39. The maximum Gasteiger partial charge on any atom is 0.278 e. The molecule has 0 N–H and O–H groups in total. The maximum absolute atomic E-state index is 13.7. The van der Waals surface area contributed by atoms with E-state index in [4.69, 9.17) is 4.84 Å². The number of carbonyl (C=O) groups is 1. The molecule has 1 aliphatic rings. The molecule has 3 aromatic carbocycles. The Balaban J connectivity index is 1.52. The fourth-order valence-corrected chi connectivity index (χ4v) is 2.96. The van der Waals surface area contributed by atoms with Crippen molar-refractivity contribution in [2.24, 2.45) is 0 Å². The first-order chi connectivity index (χ1) is 12.6. The van der Waals surface area contributed by atoms with Crippen LogP contribution < -0.4 is 0 Å². The highest BCUT2D eigenvalue weighted by atomic mass is 19.1. The van der Waals surface area contributed by atoms with Crippen molar-refractivity contribution in [1.82, 2.24) is 5.06 Å². The minimum absolute atomic E-state index is 0.0166. The second-order valence-electron chi connectivity index (χ2n) is 6.09. The monoisotopic (exact) mass is 351 g/mol. The molecule has 26 heavy (non-hydrogen) atoms. The summed E-state index contributed by atoms with van der Waals surface area (Å²) in [4.78, 5) is 18.1. The zero-order valence-corrected chi connectivity index (χ0v) is 13.8. The standard InChI is InChI=1S/C21H15F2NO2/c22-18-9-7-14(8-10-18)15-5-6-16-12-24(21(25)19(16)11-15)26-13-17-3-1-2-4-20(17)23/h1-11H,12-13H2. The van der Waals surface area contributed by atoms with E-state index in [-0.39, 0.29) is 24.1 Å². The van der Waals surface area contributed by atoms with Crippen molar-refractivity contribution in [2.75, 3.05) is 0 Å². The van der Waals surface area contributed by atoms with Crippen molar-refractivity contribution < 1.29 is 18.4 Å². The Bertz CT molecular complexity index is 970. The molecule has 0 saturated carbocycles. The third kappa shape index (κ3) is 3.09. The van der Waals surface area contributed by atoms with Crippen LogP contribution in [0, 0.1) is 11.6 Å². The van der Waals surface area contributed by atoms with Crippen LogP contribution >= 0.6 is 0 Å². The lowest BCUT2D eigenvalue weighted by molar-refractivity contribution is -0.135. The molecule has 0 atom stereocenters. The number of rotatable bonds is 4. The summed E-state index contributed by atoms with van der Waals surface area (Å²) in [6.07, 6.45) is 0. The van der Waals surface area contributed by atoms with E-state index in [0.717, 1.165) is 16.7 Å². The fourth-order valence-electron chi connectivity index (χ4n) is 2.96. The van der Waals surface area contributed by atoms with Crippen LogP contribution in [0.5, 0.6) is 0 Å². The maximum atomic E-state index is 13.7. The molecule has 130 valence electrons. The molecule has 1 heterocycles. The van der Waals surface area contributed by atoms with Gasteiger partial charge in [0, 0.05) is 11.1 Å². The third-order valence-corrected chi connectivity index (χ3v) is 4.39. The summed E-state index contributed by atoms with van der Waals surface area (Å²) >= 11 is 0. The number of hydrogen-bond acceptors (Lipinski definition) is 2. The first-order valence-corrected chi connectivity index (χ1v) is 8.19. The SMILES string of the molecule is O=C1c2cc(-c3ccc(F)cc3)ccc2CN1OCc1ccccc1F. The van der Waals surface area contributed by atoms with Gasteiger partial charge < -0.3 is 0 Å². The number of amides is 1. The van der Waals surface area contributed by atoms with Crippen LogP contribution in [0.25, 0.3) is 11.1 Å². The quantitative estimate of drug-likeness (QED) is 0.681. The normalized spacial score (nSPS) is 13.2. The molecule has 4 rings (SSSR count). The number of carbonyl (C=O) groups excluding carboxylic acids is 1. The molecule has 0 aliphatic carbocycles. The van der Waals surface area contributed by atoms with Crippen LogP contribution in [0.4, 0.5) is 8.78 Å². The van der Waals surface area contributed by atoms with E-state index in [1.54, 1.807) is 36.4 Å². The fraction of sp³-hybridized carbons (Fsp3) is 0.0952. The molecule has 0 saturated heterocycles. The van der Waals surface area contributed by atoms with Gasteiger partial charge in [-0.2, -0.15) is 0 Å². The van der Waals surface area contributed by atoms with Crippen LogP contribution in [-0.4, -0.2) is 11.0 Å². The number of hydrogen-bond donors (Lipinski definition) is 0. The molecule has 5 heteroatoms. The van der Waals surface area contributed by atoms with Gasteiger partial charge in [0.1, 0.15) is 18.2 Å². The van der Waals surface area contributed by atoms with Gasteiger partial charge in [0.05, 0.1) is 6.54 Å². The van der Waals surface area contributed by atoms with E-state index in [0.29, 0.717) is 17.7 Å². The molecule has 0 radical (unpaired) electrons. The van der Waals surface area contributed by atoms with Gasteiger partial charge in [0.15, 0.2) is 0 Å². The second-order valence-corrected chi connectivity index (χ2v) is 6.09. The Morgan fingerprint density at radius 3 is 2.42 bits per heavy atom. The minimum Gasteiger partial charge on any atom is -0.267 e. The highest BCUT2D eigenvalue weighted by Gasteiger charge is 2.29. The van der Waals surface area contributed by atoms with Gasteiger partial charge in [0.25, 0.3) is 5.91 Å². The predicted octanol–water partition coefficient (Wildman–Crippen LogP) is 4.72. The molecule has 0 unspecified atom stereocenters. The van der Waals surface area contributed by atoms with Crippen molar-refractivity contribution in [3.63, 3.8) is 0 Å². The number of hydroxylamine groups is 2. The van der Waals surface area contributed by atoms with Crippen LogP contribution in [0.1, 0.15) is 21.5 Å². The number of halogens is 2. The first kappa shape index (κ1) is 16.4. The van der Waals surface area contributed by atoms with Crippen molar-refractivity contribution in [2.45, 2.75) is 13.2 Å². The molecule has 3 aromatic rings. The molecule has 0 bridgehead atoms. The lowest BCUT2D eigenvalue weighted by Gasteiger charge is -2.15. The first-order valence-electron chi connectivity index (χ1n) is 8.19. The molecule has 0 aromatic heterocycles. The lowest BCUT2D eigenvalue weighted by atomic mass is 10.0. The van der Waals surface area contributed by atoms with Crippen molar-refractivity contribution >= 4 is 5.91 Å². The Labute approximate surface area is 149 Å². The van der Waals surface area contributed by atoms with Gasteiger partial charge in [-0.25, -0.2) is 13.8 Å². The smallest absolute Gasteiger partial charge is 0.267 e. The summed E-state index contributed by atoms with van der Waals surface area (Å²) < 4.78 is 26.8. The van der Waals surface area contributed by atoms with Gasteiger partial charge in [-0.3, -0.25) is 9.63 Å². The highest BCUT2D eigenvalue weighted by molar-refractivity contribution is 5.98. The van der Waals surface area contributed by atoms with E-state index >= 15 is 0 Å². The van der Waals surface area contributed by atoms with Gasteiger partial charge >= 0.3 is 0 Å². The predicted molar refractivity (Wildman–Crippen MR) is 92.9 cm³/mol. The topological polar surface area (TPSA) is 29.5 Å². The summed E-state index contributed by atoms with van der Waals surface area (Å²) in [6.45, 7) is 0.295. The zero-order valence-electron chi connectivity index (χ0n) is 13.8. The van der Waals surface area contributed by atoms with E-state index in [1.165, 1.54) is 23.3 Å². The Morgan fingerprint density at radius 2 is 1.65 bits per heavy atom. The summed E-state index contributed by atoms with van der Waals surface area (Å²) in [5.41, 5.74) is 3.43. The van der Waals surface area contributed by atoms with Gasteiger partial charge in [0.2, 0.25) is 0 Å². The Kier molecular flexibility index (Phi) is 4.22. The Morgan fingerprint density at radius 1 is 0.923 bits per heavy atom. The van der Waals surface area contributed by atoms with Crippen molar-refractivity contribution in [1.29, 1.82) is 0 Å². The van der Waals surface area contributed by atoms with E-state index in [1.807, 2.05) is 12.1 Å².